The Labute approximate surface area is 142 Å². The number of hydrogen-bond donors (Lipinski definition) is 1. The fourth-order valence-corrected chi connectivity index (χ4v) is 3.58. The molecule has 1 saturated heterocycles. The second-order valence-corrected chi connectivity index (χ2v) is 7.19. The fourth-order valence-electron chi connectivity index (χ4n) is 2.68. The maximum atomic E-state index is 6.14. The number of hydrogen-bond acceptors (Lipinski definition) is 5. The van der Waals surface area contributed by atoms with Crippen molar-refractivity contribution >= 4 is 50.8 Å². The lowest BCUT2D eigenvalue weighted by Gasteiger charge is -2.36. The molecule has 1 unspecified atom stereocenters. The highest BCUT2D eigenvalue weighted by Gasteiger charge is 2.29. The molecule has 0 radical (unpaired) electrons. The topological polar surface area (TPSA) is 59.9 Å². The van der Waals surface area contributed by atoms with Crippen LogP contribution in [0.5, 0.6) is 0 Å². The predicted octanol–water partition coefficient (Wildman–Crippen LogP) is 3.65. The van der Waals surface area contributed by atoms with Gasteiger partial charge in [0.25, 0.3) is 0 Å². The van der Waals surface area contributed by atoms with Gasteiger partial charge in [-0.25, -0.2) is 4.98 Å². The van der Waals surface area contributed by atoms with Crippen LogP contribution in [0.1, 0.15) is 26.7 Å². The van der Waals surface area contributed by atoms with E-state index in [9.17, 15) is 0 Å². The molecule has 7 heteroatoms. The van der Waals surface area contributed by atoms with Gasteiger partial charge in [-0.05, 0) is 55.3 Å². The SMILES string of the molecule is CC1(C)CC(Nc2nnc(Cl)c3ccnc(I)c23)CCO1. The smallest absolute Gasteiger partial charge is 0.159 e. The molecule has 2 aromatic rings. The molecule has 21 heavy (non-hydrogen) atoms. The second-order valence-electron chi connectivity index (χ2n) is 5.81. The number of aromatic nitrogens is 3. The molecule has 1 atom stereocenters. The van der Waals surface area contributed by atoms with Crippen LogP contribution in [-0.4, -0.2) is 33.4 Å². The minimum atomic E-state index is -0.114. The summed E-state index contributed by atoms with van der Waals surface area (Å²) in [6.07, 6.45) is 3.61. The monoisotopic (exact) mass is 418 g/mol. The van der Waals surface area contributed by atoms with Crippen LogP contribution in [0.25, 0.3) is 10.8 Å². The van der Waals surface area contributed by atoms with Crippen molar-refractivity contribution in [3.05, 3.63) is 21.1 Å². The van der Waals surface area contributed by atoms with Crippen molar-refractivity contribution < 1.29 is 4.74 Å². The Kier molecular flexibility index (Phi) is 4.20. The van der Waals surface area contributed by atoms with Crippen LogP contribution in [0.15, 0.2) is 12.3 Å². The molecule has 0 spiro atoms. The molecule has 0 bridgehead atoms. The second kappa shape index (κ2) is 5.81. The van der Waals surface area contributed by atoms with E-state index in [-0.39, 0.29) is 5.60 Å². The third-order valence-electron chi connectivity index (χ3n) is 3.64. The zero-order valence-electron chi connectivity index (χ0n) is 11.9. The molecular formula is C14H16ClIN4O. The number of rotatable bonds is 2. The molecule has 2 aromatic heterocycles. The number of ether oxygens (including phenoxy) is 1. The summed E-state index contributed by atoms with van der Waals surface area (Å²) in [6.45, 7) is 4.97. The van der Waals surface area contributed by atoms with Crippen LogP contribution >= 0.6 is 34.2 Å². The number of pyridine rings is 1. The lowest BCUT2D eigenvalue weighted by atomic mass is 9.94. The van der Waals surface area contributed by atoms with E-state index in [1.165, 1.54) is 0 Å². The van der Waals surface area contributed by atoms with Gasteiger partial charge in [-0.2, -0.15) is 0 Å². The Morgan fingerprint density at radius 1 is 1.43 bits per heavy atom. The van der Waals surface area contributed by atoms with Gasteiger partial charge < -0.3 is 10.1 Å². The maximum Gasteiger partial charge on any atom is 0.159 e. The quantitative estimate of drug-likeness (QED) is 0.596. The van der Waals surface area contributed by atoms with E-state index in [1.807, 2.05) is 6.07 Å². The average molecular weight is 419 g/mol. The van der Waals surface area contributed by atoms with Crippen molar-refractivity contribution in [1.82, 2.24) is 15.2 Å². The zero-order chi connectivity index (χ0) is 15.0. The van der Waals surface area contributed by atoms with Crippen LogP contribution in [0.3, 0.4) is 0 Å². The molecule has 0 aromatic carbocycles. The highest BCUT2D eigenvalue weighted by molar-refractivity contribution is 14.1. The van der Waals surface area contributed by atoms with Gasteiger partial charge in [-0.15, -0.1) is 10.2 Å². The fraction of sp³-hybridized carbons (Fsp3) is 0.500. The van der Waals surface area contributed by atoms with E-state index in [4.69, 9.17) is 16.3 Å². The highest BCUT2D eigenvalue weighted by Crippen LogP contribution is 2.31. The zero-order valence-corrected chi connectivity index (χ0v) is 14.8. The molecule has 5 nitrogen and oxygen atoms in total. The minimum absolute atomic E-state index is 0.114. The molecule has 3 rings (SSSR count). The largest absolute Gasteiger partial charge is 0.375 e. The van der Waals surface area contributed by atoms with E-state index >= 15 is 0 Å². The van der Waals surface area contributed by atoms with Crippen LogP contribution < -0.4 is 5.32 Å². The van der Waals surface area contributed by atoms with Gasteiger partial charge in [-0.3, -0.25) is 0 Å². The maximum absolute atomic E-state index is 6.14. The van der Waals surface area contributed by atoms with Gasteiger partial charge in [0.2, 0.25) is 0 Å². The highest BCUT2D eigenvalue weighted by atomic mass is 127. The molecule has 0 saturated carbocycles. The van der Waals surface area contributed by atoms with Crippen molar-refractivity contribution in [2.75, 3.05) is 11.9 Å². The van der Waals surface area contributed by atoms with Gasteiger partial charge in [-0.1, -0.05) is 11.6 Å². The van der Waals surface area contributed by atoms with Crippen LogP contribution in [-0.2, 0) is 4.74 Å². The first-order valence-electron chi connectivity index (χ1n) is 6.83. The van der Waals surface area contributed by atoms with Crippen molar-refractivity contribution in [3.63, 3.8) is 0 Å². The first-order valence-corrected chi connectivity index (χ1v) is 8.29. The lowest BCUT2D eigenvalue weighted by molar-refractivity contribution is -0.0553. The standard InChI is InChI=1S/C14H16ClIN4O/c1-14(2)7-8(4-6-21-14)18-13-10-9(11(15)19-20-13)3-5-17-12(10)16/h3,5,8H,4,6-7H2,1-2H3,(H,18,20). The summed E-state index contributed by atoms with van der Waals surface area (Å²) in [5, 5.41) is 14.0. The molecule has 1 N–H and O–H groups in total. The van der Waals surface area contributed by atoms with E-state index in [2.05, 4.69) is 56.9 Å². The Morgan fingerprint density at radius 3 is 3.00 bits per heavy atom. The Balaban J connectivity index is 1.96. The molecule has 3 heterocycles. The third-order valence-corrected chi connectivity index (χ3v) is 4.74. The molecule has 0 aliphatic carbocycles. The average Bonchev–Trinajstić information content (AvgIpc) is 2.41. The summed E-state index contributed by atoms with van der Waals surface area (Å²) < 4.78 is 6.62. The number of nitrogens with zero attached hydrogens (tertiary/aromatic N) is 3. The van der Waals surface area contributed by atoms with Gasteiger partial charge in [0.15, 0.2) is 11.0 Å². The van der Waals surface area contributed by atoms with Crippen molar-refractivity contribution in [3.8, 4) is 0 Å². The van der Waals surface area contributed by atoms with Crippen LogP contribution in [0.2, 0.25) is 5.15 Å². The van der Waals surface area contributed by atoms with Crippen molar-refractivity contribution in [2.45, 2.75) is 38.3 Å². The van der Waals surface area contributed by atoms with E-state index < -0.39 is 0 Å². The Morgan fingerprint density at radius 2 is 2.24 bits per heavy atom. The molecule has 0 amide bonds. The van der Waals surface area contributed by atoms with Gasteiger partial charge >= 0.3 is 0 Å². The first-order chi connectivity index (χ1) is 9.96. The molecule has 1 aliphatic rings. The normalized spacial score (nSPS) is 21.4. The summed E-state index contributed by atoms with van der Waals surface area (Å²) in [5.41, 5.74) is -0.114. The van der Waals surface area contributed by atoms with Gasteiger partial charge in [0.1, 0.15) is 3.70 Å². The third kappa shape index (κ3) is 3.22. The summed E-state index contributed by atoms with van der Waals surface area (Å²) in [7, 11) is 0. The summed E-state index contributed by atoms with van der Waals surface area (Å²) in [5.74, 6) is 0.745. The Bertz CT molecular complexity index is 679. The van der Waals surface area contributed by atoms with Gasteiger partial charge in [0.05, 0.1) is 11.0 Å². The molecule has 112 valence electrons. The summed E-state index contributed by atoms with van der Waals surface area (Å²) in [4.78, 5) is 4.33. The van der Waals surface area contributed by atoms with Crippen LogP contribution in [0.4, 0.5) is 5.82 Å². The molecular weight excluding hydrogens is 403 g/mol. The number of anilines is 1. The first kappa shape index (κ1) is 15.2. The van der Waals surface area contributed by atoms with Gasteiger partial charge in [0, 0.05) is 24.2 Å². The van der Waals surface area contributed by atoms with Crippen molar-refractivity contribution in [1.29, 1.82) is 0 Å². The van der Waals surface area contributed by atoms with Crippen LogP contribution in [0, 0.1) is 3.70 Å². The van der Waals surface area contributed by atoms with Crippen molar-refractivity contribution in [2.24, 2.45) is 0 Å². The number of fused-ring (bicyclic) bond motifs is 1. The van der Waals surface area contributed by atoms with E-state index in [0.29, 0.717) is 11.2 Å². The minimum Gasteiger partial charge on any atom is -0.375 e. The van der Waals surface area contributed by atoms with E-state index in [1.54, 1.807) is 6.20 Å². The number of nitrogens with one attached hydrogen (secondary N) is 1. The number of halogens is 2. The summed E-state index contributed by atoms with van der Waals surface area (Å²) >= 11 is 8.34. The summed E-state index contributed by atoms with van der Waals surface area (Å²) in [6, 6.07) is 2.18. The molecule has 1 aliphatic heterocycles. The Hall–Kier alpha value is -0.730. The predicted molar refractivity (Wildman–Crippen MR) is 91.7 cm³/mol. The molecule has 1 fully saturated rings. The lowest BCUT2D eigenvalue weighted by Crippen LogP contribution is -2.40. The van der Waals surface area contributed by atoms with E-state index in [0.717, 1.165) is 39.7 Å².